The third kappa shape index (κ3) is 1.77. The van der Waals surface area contributed by atoms with Crippen LogP contribution in [0, 0.1) is 0 Å². The molecule has 1 aromatic carbocycles. The van der Waals surface area contributed by atoms with Crippen molar-refractivity contribution in [2.24, 2.45) is 0 Å². The number of aryl methyl sites for hydroxylation is 1. The SMILES string of the molecule is CCn1ncc2c(Cl)cc(-c3ccccc3)nc21. The predicted molar refractivity (Wildman–Crippen MR) is 73.6 cm³/mol. The topological polar surface area (TPSA) is 30.7 Å². The first-order valence-electron chi connectivity index (χ1n) is 5.87. The van der Waals surface area contributed by atoms with E-state index in [1.807, 2.05) is 48.0 Å². The van der Waals surface area contributed by atoms with E-state index in [1.165, 1.54) is 0 Å². The maximum atomic E-state index is 6.29. The van der Waals surface area contributed by atoms with Crippen molar-refractivity contribution < 1.29 is 0 Å². The van der Waals surface area contributed by atoms with Crippen molar-refractivity contribution in [3.05, 3.63) is 47.6 Å². The lowest BCUT2D eigenvalue weighted by Crippen LogP contribution is -1.98. The highest BCUT2D eigenvalue weighted by Crippen LogP contribution is 2.27. The van der Waals surface area contributed by atoms with Crippen LogP contribution in [0.1, 0.15) is 6.92 Å². The summed E-state index contributed by atoms with van der Waals surface area (Å²) in [5.74, 6) is 0. The Morgan fingerprint density at radius 2 is 2.00 bits per heavy atom. The van der Waals surface area contributed by atoms with Crippen LogP contribution in [0.25, 0.3) is 22.3 Å². The van der Waals surface area contributed by atoms with E-state index in [4.69, 9.17) is 11.6 Å². The Balaban J connectivity index is 2.26. The minimum absolute atomic E-state index is 0.693. The van der Waals surface area contributed by atoms with Crippen LogP contribution in [-0.2, 0) is 6.54 Å². The Bertz CT molecular complexity index is 689. The van der Waals surface area contributed by atoms with Crippen molar-refractivity contribution in [2.45, 2.75) is 13.5 Å². The minimum Gasteiger partial charge on any atom is -0.248 e. The summed E-state index contributed by atoms with van der Waals surface area (Å²) in [6.07, 6.45) is 1.77. The van der Waals surface area contributed by atoms with Gasteiger partial charge in [-0.1, -0.05) is 41.9 Å². The maximum absolute atomic E-state index is 6.29. The molecule has 0 unspecified atom stereocenters. The van der Waals surface area contributed by atoms with Crippen molar-refractivity contribution in [3.8, 4) is 11.3 Å². The summed E-state index contributed by atoms with van der Waals surface area (Å²) in [6, 6.07) is 11.9. The van der Waals surface area contributed by atoms with Crippen LogP contribution in [0.2, 0.25) is 5.02 Å². The fourth-order valence-corrected chi connectivity index (χ4v) is 2.23. The van der Waals surface area contributed by atoms with E-state index < -0.39 is 0 Å². The number of nitrogens with zero attached hydrogens (tertiary/aromatic N) is 3. The molecule has 0 amide bonds. The lowest BCUT2D eigenvalue weighted by Gasteiger charge is -2.04. The van der Waals surface area contributed by atoms with Gasteiger partial charge in [0.25, 0.3) is 0 Å². The molecule has 18 heavy (non-hydrogen) atoms. The molecule has 90 valence electrons. The van der Waals surface area contributed by atoms with Gasteiger partial charge in [-0.15, -0.1) is 0 Å². The summed E-state index contributed by atoms with van der Waals surface area (Å²) < 4.78 is 1.85. The van der Waals surface area contributed by atoms with Gasteiger partial charge in [0.1, 0.15) is 0 Å². The number of hydrogen-bond acceptors (Lipinski definition) is 2. The van der Waals surface area contributed by atoms with Gasteiger partial charge in [-0.25, -0.2) is 9.67 Å². The molecule has 0 aliphatic carbocycles. The summed E-state index contributed by atoms with van der Waals surface area (Å²) in [6.45, 7) is 2.82. The second kappa shape index (κ2) is 4.42. The van der Waals surface area contributed by atoms with E-state index in [2.05, 4.69) is 10.1 Å². The molecule has 0 spiro atoms. The molecule has 0 aliphatic heterocycles. The molecular weight excluding hydrogens is 246 g/mol. The molecule has 0 aliphatic rings. The van der Waals surface area contributed by atoms with Crippen molar-refractivity contribution in [2.75, 3.05) is 0 Å². The maximum Gasteiger partial charge on any atom is 0.159 e. The van der Waals surface area contributed by atoms with Gasteiger partial charge in [-0.3, -0.25) is 0 Å². The summed E-state index contributed by atoms with van der Waals surface area (Å²) in [4.78, 5) is 4.65. The van der Waals surface area contributed by atoms with Crippen LogP contribution in [0.5, 0.6) is 0 Å². The Labute approximate surface area is 110 Å². The lowest BCUT2D eigenvalue weighted by atomic mass is 10.1. The summed E-state index contributed by atoms with van der Waals surface area (Å²) in [5.41, 5.74) is 2.78. The van der Waals surface area contributed by atoms with Gasteiger partial charge in [0.15, 0.2) is 5.65 Å². The highest BCUT2D eigenvalue weighted by molar-refractivity contribution is 6.35. The molecule has 0 bridgehead atoms. The van der Waals surface area contributed by atoms with Gasteiger partial charge < -0.3 is 0 Å². The molecule has 0 radical (unpaired) electrons. The number of halogens is 1. The number of pyridine rings is 1. The lowest BCUT2D eigenvalue weighted by molar-refractivity contribution is 0.677. The second-order valence-electron chi connectivity index (χ2n) is 4.05. The van der Waals surface area contributed by atoms with Crippen molar-refractivity contribution in [1.29, 1.82) is 0 Å². The van der Waals surface area contributed by atoms with Crippen LogP contribution in [0.4, 0.5) is 0 Å². The van der Waals surface area contributed by atoms with Gasteiger partial charge in [-0.2, -0.15) is 5.10 Å². The van der Waals surface area contributed by atoms with E-state index in [1.54, 1.807) is 6.20 Å². The van der Waals surface area contributed by atoms with Crippen molar-refractivity contribution in [1.82, 2.24) is 14.8 Å². The molecule has 0 atom stereocenters. The molecule has 0 saturated heterocycles. The van der Waals surface area contributed by atoms with Crippen molar-refractivity contribution >= 4 is 22.6 Å². The number of fused-ring (bicyclic) bond motifs is 1. The van der Waals surface area contributed by atoms with Crippen LogP contribution in [0.3, 0.4) is 0 Å². The molecule has 0 N–H and O–H groups in total. The normalized spacial score (nSPS) is 11.0. The van der Waals surface area contributed by atoms with Gasteiger partial charge in [0.2, 0.25) is 0 Å². The Hall–Kier alpha value is -1.87. The molecule has 3 rings (SSSR count). The highest BCUT2D eigenvalue weighted by atomic mass is 35.5. The Morgan fingerprint density at radius 1 is 1.22 bits per heavy atom. The third-order valence-corrected chi connectivity index (χ3v) is 3.24. The van der Waals surface area contributed by atoms with Gasteiger partial charge in [0.05, 0.1) is 22.3 Å². The molecular formula is C14H12ClN3. The van der Waals surface area contributed by atoms with Crippen LogP contribution in [0.15, 0.2) is 42.6 Å². The van der Waals surface area contributed by atoms with Gasteiger partial charge in [0, 0.05) is 12.1 Å². The third-order valence-electron chi connectivity index (χ3n) is 2.93. The molecule has 0 saturated carbocycles. The second-order valence-corrected chi connectivity index (χ2v) is 4.46. The van der Waals surface area contributed by atoms with Gasteiger partial charge in [-0.05, 0) is 13.0 Å². The standard InChI is InChI=1S/C14H12ClN3/c1-2-18-14-11(9-16-18)12(15)8-13(17-14)10-6-4-3-5-7-10/h3-9H,2H2,1H3. The van der Waals surface area contributed by atoms with E-state index >= 15 is 0 Å². The molecule has 2 aromatic heterocycles. The molecule has 0 fully saturated rings. The first-order valence-corrected chi connectivity index (χ1v) is 6.25. The van der Waals surface area contributed by atoms with E-state index in [0.29, 0.717) is 5.02 Å². The fraction of sp³-hybridized carbons (Fsp3) is 0.143. The molecule has 3 nitrogen and oxygen atoms in total. The largest absolute Gasteiger partial charge is 0.248 e. The Kier molecular flexibility index (Phi) is 2.76. The molecule has 3 aromatic rings. The van der Waals surface area contributed by atoms with Crippen LogP contribution in [-0.4, -0.2) is 14.8 Å². The summed E-state index contributed by atoms with van der Waals surface area (Å²) >= 11 is 6.29. The van der Waals surface area contributed by atoms with E-state index in [0.717, 1.165) is 28.8 Å². The monoisotopic (exact) mass is 257 g/mol. The van der Waals surface area contributed by atoms with E-state index in [-0.39, 0.29) is 0 Å². The zero-order valence-electron chi connectivity index (χ0n) is 9.97. The Morgan fingerprint density at radius 3 is 2.72 bits per heavy atom. The van der Waals surface area contributed by atoms with Gasteiger partial charge >= 0.3 is 0 Å². The molecule has 2 heterocycles. The summed E-state index contributed by atoms with van der Waals surface area (Å²) in [5, 5.41) is 5.87. The molecule has 4 heteroatoms. The fourth-order valence-electron chi connectivity index (χ4n) is 2.00. The first kappa shape index (κ1) is 11.2. The average molecular weight is 258 g/mol. The number of benzene rings is 1. The first-order chi connectivity index (χ1) is 8.79. The van der Waals surface area contributed by atoms with E-state index in [9.17, 15) is 0 Å². The minimum atomic E-state index is 0.693. The zero-order valence-corrected chi connectivity index (χ0v) is 10.7. The number of aromatic nitrogens is 3. The van der Waals surface area contributed by atoms with Crippen molar-refractivity contribution in [3.63, 3.8) is 0 Å². The summed E-state index contributed by atoms with van der Waals surface area (Å²) in [7, 11) is 0. The van der Waals surface area contributed by atoms with Crippen LogP contribution < -0.4 is 0 Å². The number of rotatable bonds is 2. The van der Waals surface area contributed by atoms with Crippen LogP contribution >= 0.6 is 11.6 Å². The predicted octanol–water partition coefficient (Wildman–Crippen LogP) is 3.77. The average Bonchev–Trinajstić information content (AvgIpc) is 2.83. The highest BCUT2D eigenvalue weighted by Gasteiger charge is 2.10. The zero-order chi connectivity index (χ0) is 12.5. The number of hydrogen-bond donors (Lipinski definition) is 0. The quantitative estimate of drug-likeness (QED) is 0.700. The smallest absolute Gasteiger partial charge is 0.159 e.